The summed E-state index contributed by atoms with van der Waals surface area (Å²) in [6.07, 6.45) is 0.733. The molecule has 33 heavy (non-hydrogen) atoms. The second kappa shape index (κ2) is 10.7. The highest BCUT2D eigenvalue weighted by Crippen LogP contribution is 2.26. The Morgan fingerprint density at radius 1 is 1.03 bits per heavy atom. The number of amides is 3. The first-order valence-corrected chi connectivity index (χ1v) is 11.7. The van der Waals surface area contributed by atoms with Gasteiger partial charge in [-0.25, -0.2) is 9.48 Å². The molecule has 0 unspecified atom stereocenters. The van der Waals surface area contributed by atoms with Crippen molar-refractivity contribution in [1.82, 2.24) is 14.7 Å². The number of nitrogens with zero attached hydrogens (tertiary/aromatic N) is 3. The summed E-state index contributed by atoms with van der Waals surface area (Å²) >= 11 is 3.38. The third-order valence-electron chi connectivity index (χ3n) is 4.96. The van der Waals surface area contributed by atoms with Gasteiger partial charge in [0.15, 0.2) is 0 Å². The van der Waals surface area contributed by atoms with E-state index in [-0.39, 0.29) is 23.9 Å². The molecule has 1 aromatic heterocycles. The van der Waals surface area contributed by atoms with E-state index in [0.717, 1.165) is 22.3 Å². The summed E-state index contributed by atoms with van der Waals surface area (Å²) in [7, 11) is 0. The van der Waals surface area contributed by atoms with Gasteiger partial charge in [-0.3, -0.25) is 4.79 Å². The van der Waals surface area contributed by atoms with Crippen molar-refractivity contribution in [3.8, 4) is 5.69 Å². The second-order valence-electron chi connectivity index (χ2n) is 8.82. The average Bonchev–Trinajstić information content (AvgIpc) is 3.20. The summed E-state index contributed by atoms with van der Waals surface area (Å²) < 4.78 is 2.65. The van der Waals surface area contributed by atoms with Gasteiger partial charge in [0.2, 0.25) is 5.91 Å². The molecule has 0 saturated heterocycles. The van der Waals surface area contributed by atoms with Crippen LogP contribution < -0.4 is 10.6 Å². The molecular formula is C25H30BrN5O2. The van der Waals surface area contributed by atoms with Crippen molar-refractivity contribution >= 4 is 39.4 Å². The predicted octanol–water partition coefficient (Wildman–Crippen LogP) is 5.81. The number of anilines is 2. The molecule has 0 bridgehead atoms. The van der Waals surface area contributed by atoms with Gasteiger partial charge in [0.1, 0.15) is 12.4 Å². The molecule has 2 N–H and O–H groups in total. The highest BCUT2D eigenvalue weighted by atomic mass is 79.9. The summed E-state index contributed by atoms with van der Waals surface area (Å²) in [5.74, 6) is 0.285. The molecular weight excluding hydrogens is 482 g/mol. The molecule has 0 radical (unpaired) electrons. The molecule has 3 amide bonds. The number of benzene rings is 2. The number of hydrogen-bond donors (Lipinski definition) is 2. The summed E-state index contributed by atoms with van der Waals surface area (Å²) in [6.45, 7) is 8.59. The number of hydrogen-bond acceptors (Lipinski definition) is 3. The van der Waals surface area contributed by atoms with Crippen LogP contribution in [0, 0.1) is 0 Å². The first kappa shape index (κ1) is 24.5. The molecule has 0 aliphatic rings. The second-order valence-corrected chi connectivity index (χ2v) is 9.73. The molecule has 0 spiro atoms. The average molecular weight is 512 g/mol. The van der Waals surface area contributed by atoms with E-state index in [0.29, 0.717) is 18.1 Å². The lowest BCUT2D eigenvalue weighted by molar-refractivity contribution is -0.116. The zero-order chi connectivity index (χ0) is 24.0. The molecule has 8 heteroatoms. The van der Waals surface area contributed by atoms with Gasteiger partial charge in [-0.15, -0.1) is 0 Å². The van der Waals surface area contributed by atoms with Crippen LogP contribution in [-0.2, 0) is 10.2 Å². The van der Waals surface area contributed by atoms with Crippen LogP contribution in [-0.4, -0.2) is 39.7 Å². The summed E-state index contributed by atoms with van der Waals surface area (Å²) in [6, 6.07) is 18.5. The molecule has 3 aromatic rings. The normalized spacial score (nSPS) is 11.2. The van der Waals surface area contributed by atoms with E-state index in [1.165, 1.54) is 4.90 Å². The highest BCUT2D eigenvalue weighted by Gasteiger charge is 2.23. The number of halogens is 1. The number of urea groups is 1. The largest absolute Gasteiger partial charge is 0.322 e. The fourth-order valence-corrected chi connectivity index (χ4v) is 3.48. The van der Waals surface area contributed by atoms with E-state index in [2.05, 4.69) is 47.3 Å². The zero-order valence-electron chi connectivity index (χ0n) is 19.4. The molecule has 174 valence electrons. The molecule has 0 aliphatic heterocycles. The molecule has 3 rings (SSSR count). The monoisotopic (exact) mass is 511 g/mol. The number of aromatic nitrogens is 2. The quantitative estimate of drug-likeness (QED) is 0.419. The lowest BCUT2D eigenvalue weighted by atomic mass is 9.92. The van der Waals surface area contributed by atoms with Gasteiger partial charge in [-0.2, -0.15) is 5.10 Å². The van der Waals surface area contributed by atoms with Crippen molar-refractivity contribution < 1.29 is 9.59 Å². The van der Waals surface area contributed by atoms with Crippen LogP contribution in [0.2, 0.25) is 0 Å². The van der Waals surface area contributed by atoms with Gasteiger partial charge >= 0.3 is 6.03 Å². The van der Waals surface area contributed by atoms with E-state index in [4.69, 9.17) is 5.10 Å². The standard InChI is InChI=1S/C25H30BrN5O2/c1-5-15-30(24(33)27-19-13-11-18(26)12-14-19)17-23(32)28-22-16-21(25(2,3)4)29-31(22)20-9-7-6-8-10-20/h6-14,16H,5,15,17H2,1-4H3,(H,27,33)(H,28,32). The molecule has 0 atom stereocenters. The van der Waals surface area contributed by atoms with Crippen LogP contribution in [0.25, 0.3) is 5.69 Å². The number of para-hydroxylation sites is 1. The predicted molar refractivity (Wildman–Crippen MR) is 136 cm³/mol. The summed E-state index contributed by atoms with van der Waals surface area (Å²) in [5, 5.41) is 10.5. The van der Waals surface area contributed by atoms with Crippen molar-refractivity contribution in [2.45, 2.75) is 39.5 Å². The first-order valence-electron chi connectivity index (χ1n) is 10.9. The van der Waals surface area contributed by atoms with Crippen molar-refractivity contribution in [1.29, 1.82) is 0 Å². The number of nitrogens with one attached hydrogen (secondary N) is 2. The minimum atomic E-state index is -0.318. The summed E-state index contributed by atoms with van der Waals surface area (Å²) in [5.41, 5.74) is 2.20. The SMILES string of the molecule is CCCN(CC(=O)Nc1cc(C(C)(C)C)nn1-c1ccccc1)C(=O)Nc1ccc(Br)cc1. The molecule has 2 aromatic carbocycles. The van der Waals surface area contributed by atoms with Crippen LogP contribution in [0.1, 0.15) is 39.8 Å². The Labute approximate surface area is 203 Å². The van der Waals surface area contributed by atoms with Gasteiger partial charge in [0.25, 0.3) is 0 Å². The third kappa shape index (κ3) is 6.68. The van der Waals surface area contributed by atoms with Gasteiger partial charge in [0.05, 0.1) is 11.4 Å². The first-order chi connectivity index (χ1) is 15.7. The fourth-order valence-electron chi connectivity index (χ4n) is 3.22. The van der Waals surface area contributed by atoms with Gasteiger partial charge in [0, 0.05) is 28.2 Å². The number of carbonyl (C=O) groups is 2. The Hall–Kier alpha value is -3.13. The third-order valence-corrected chi connectivity index (χ3v) is 5.49. The molecule has 1 heterocycles. The maximum absolute atomic E-state index is 13.0. The van der Waals surface area contributed by atoms with Gasteiger partial charge in [-0.05, 0) is 42.8 Å². The molecule has 0 saturated carbocycles. The summed E-state index contributed by atoms with van der Waals surface area (Å²) in [4.78, 5) is 27.3. The van der Waals surface area contributed by atoms with Crippen LogP contribution >= 0.6 is 15.9 Å². The van der Waals surface area contributed by atoms with Crippen LogP contribution in [0.15, 0.2) is 65.1 Å². The van der Waals surface area contributed by atoms with E-state index < -0.39 is 0 Å². The van der Waals surface area contributed by atoms with Gasteiger partial charge < -0.3 is 15.5 Å². The van der Waals surface area contributed by atoms with Crippen molar-refractivity contribution in [3.05, 3.63) is 70.8 Å². The molecule has 0 fully saturated rings. The number of carbonyl (C=O) groups excluding carboxylic acids is 2. The van der Waals surface area contributed by atoms with E-state index in [1.54, 1.807) is 16.8 Å². The van der Waals surface area contributed by atoms with E-state index in [1.807, 2.05) is 55.5 Å². The Balaban J connectivity index is 1.76. The molecule has 7 nitrogen and oxygen atoms in total. The van der Waals surface area contributed by atoms with Crippen LogP contribution in [0.4, 0.5) is 16.3 Å². The lowest BCUT2D eigenvalue weighted by Crippen LogP contribution is -2.41. The Morgan fingerprint density at radius 2 is 1.70 bits per heavy atom. The highest BCUT2D eigenvalue weighted by molar-refractivity contribution is 9.10. The van der Waals surface area contributed by atoms with Gasteiger partial charge in [-0.1, -0.05) is 61.8 Å². The minimum Gasteiger partial charge on any atom is -0.315 e. The zero-order valence-corrected chi connectivity index (χ0v) is 21.0. The van der Waals surface area contributed by atoms with Crippen LogP contribution in [0.5, 0.6) is 0 Å². The molecule has 0 aliphatic carbocycles. The maximum Gasteiger partial charge on any atom is 0.322 e. The Bertz CT molecular complexity index is 1090. The smallest absolute Gasteiger partial charge is 0.315 e. The fraction of sp³-hybridized carbons (Fsp3) is 0.320. The van der Waals surface area contributed by atoms with Crippen molar-refractivity contribution in [2.24, 2.45) is 0 Å². The van der Waals surface area contributed by atoms with E-state index in [9.17, 15) is 9.59 Å². The maximum atomic E-state index is 13.0. The topological polar surface area (TPSA) is 79.3 Å². The Kier molecular flexibility index (Phi) is 7.92. The van der Waals surface area contributed by atoms with Crippen molar-refractivity contribution in [2.75, 3.05) is 23.7 Å². The Morgan fingerprint density at radius 3 is 2.30 bits per heavy atom. The van der Waals surface area contributed by atoms with E-state index >= 15 is 0 Å². The van der Waals surface area contributed by atoms with Crippen molar-refractivity contribution in [3.63, 3.8) is 0 Å². The minimum absolute atomic E-state index is 0.0684. The van der Waals surface area contributed by atoms with Crippen LogP contribution in [0.3, 0.4) is 0 Å². The lowest BCUT2D eigenvalue weighted by Gasteiger charge is -2.22. The number of rotatable bonds is 7.